The molecule has 0 unspecified atom stereocenters. The number of hydrogen-bond donors (Lipinski definition) is 3. The summed E-state index contributed by atoms with van der Waals surface area (Å²) in [4.78, 5) is 21.7. The lowest BCUT2D eigenvalue weighted by atomic mass is 10.2. The second kappa shape index (κ2) is 8.67. The summed E-state index contributed by atoms with van der Waals surface area (Å²) in [6.45, 7) is 1.82. The van der Waals surface area contributed by atoms with Gasteiger partial charge >= 0.3 is 6.18 Å². The summed E-state index contributed by atoms with van der Waals surface area (Å²) >= 11 is 3.39. The van der Waals surface area contributed by atoms with Gasteiger partial charge in [0.05, 0.1) is 17.7 Å². The molecule has 0 saturated carbocycles. The summed E-state index contributed by atoms with van der Waals surface area (Å²) in [6.07, 6.45) is -2.80. The third kappa shape index (κ3) is 4.62. The number of pyridine rings is 1. The Balaban J connectivity index is 1.75. The first-order valence-electron chi connectivity index (χ1n) is 9.30. The molecule has 0 bridgehead atoms. The molecule has 3 heterocycles. The Morgan fingerprint density at radius 1 is 1.06 bits per heavy atom. The quantitative estimate of drug-likeness (QED) is 0.360. The maximum absolute atomic E-state index is 12.8. The molecule has 4 aromatic rings. The predicted octanol–water partition coefficient (Wildman–Crippen LogP) is 3.84. The van der Waals surface area contributed by atoms with E-state index in [2.05, 4.69) is 51.5 Å². The molecule has 0 aliphatic carbocycles. The SMILES string of the molecule is Cc1nc2ncc(Br)cc2n1-c1nc(NCCO)nc(Nc2ccc(C(F)(F)F)cc2)n1. The van der Waals surface area contributed by atoms with Crippen LogP contribution in [0.15, 0.2) is 41.0 Å². The molecule has 0 aliphatic heterocycles. The molecule has 0 spiro atoms. The molecule has 0 aliphatic rings. The molecule has 9 nitrogen and oxygen atoms in total. The van der Waals surface area contributed by atoms with Crippen LogP contribution in [0.3, 0.4) is 0 Å². The van der Waals surface area contributed by atoms with Crippen molar-refractivity contribution in [1.29, 1.82) is 0 Å². The van der Waals surface area contributed by atoms with Gasteiger partial charge in [0, 0.05) is 22.9 Å². The monoisotopic (exact) mass is 508 g/mol. The van der Waals surface area contributed by atoms with E-state index in [0.717, 1.165) is 16.6 Å². The van der Waals surface area contributed by atoms with Crippen molar-refractivity contribution in [3.8, 4) is 5.95 Å². The van der Waals surface area contributed by atoms with Gasteiger partial charge in [-0.05, 0) is 53.2 Å². The Labute approximate surface area is 187 Å². The number of benzene rings is 1. The highest BCUT2D eigenvalue weighted by Crippen LogP contribution is 2.30. The van der Waals surface area contributed by atoms with E-state index in [0.29, 0.717) is 22.7 Å². The molecular weight excluding hydrogens is 493 g/mol. The first-order valence-corrected chi connectivity index (χ1v) is 10.1. The number of halogens is 4. The summed E-state index contributed by atoms with van der Waals surface area (Å²) in [5.74, 6) is 1.06. The summed E-state index contributed by atoms with van der Waals surface area (Å²) in [7, 11) is 0. The van der Waals surface area contributed by atoms with Crippen LogP contribution in [0, 0.1) is 6.92 Å². The van der Waals surface area contributed by atoms with Crippen molar-refractivity contribution in [2.24, 2.45) is 0 Å². The highest BCUT2D eigenvalue weighted by atomic mass is 79.9. The lowest BCUT2D eigenvalue weighted by Crippen LogP contribution is -2.14. The molecule has 0 radical (unpaired) electrons. The maximum atomic E-state index is 12.8. The Morgan fingerprint density at radius 3 is 2.47 bits per heavy atom. The van der Waals surface area contributed by atoms with E-state index in [1.165, 1.54) is 12.1 Å². The van der Waals surface area contributed by atoms with Crippen LogP contribution in [-0.4, -0.2) is 47.7 Å². The number of fused-ring (bicyclic) bond motifs is 1. The number of aromatic nitrogens is 6. The van der Waals surface area contributed by atoms with Crippen molar-refractivity contribution in [2.75, 3.05) is 23.8 Å². The average Bonchev–Trinajstić information content (AvgIpc) is 3.06. The predicted molar refractivity (Wildman–Crippen MR) is 115 cm³/mol. The molecule has 166 valence electrons. The zero-order chi connectivity index (χ0) is 22.9. The number of nitrogens with one attached hydrogen (secondary N) is 2. The Hall–Kier alpha value is -3.32. The van der Waals surface area contributed by atoms with Gasteiger partial charge < -0.3 is 15.7 Å². The minimum Gasteiger partial charge on any atom is -0.395 e. The van der Waals surface area contributed by atoms with Crippen LogP contribution in [0.5, 0.6) is 0 Å². The number of nitrogens with zero attached hydrogens (tertiary/aromatic N) is 6. The van der Waals surface area contributed by atoms with Crippen LogP contribution in [-0.2, 0) is 6.18 Å². The van der Waals surface area contributed by atoms with Crippen molar-refractivity contribution >= 4 is 44.7 Å². The van der Waals surface area contributed by atoms with E-state index in [1.54, 1.807) is 17.7 Å². The third-order valence-electron chi connectivity index (χ3n) is 4.33. The molecule has 3 aromatic heterocycles. The maximum Gasteiger partial charge on any atom is 0.416 e. The van der Waals surface area contributed by atoms with E-state index >= 15 is 0 Å². The van der Waals surface area contributed by atoms with Gasteiger partial charge in [0.25, 0.3) is 0 Å². The Bertz CT molecular complexity index is 1260. The number of anilines is 3. The lowest BCUT2D eigenvalue weighted by molar-refractivity contribution is -0.137. The van der Waals surface area contributed by atoms with E-state index in [9.17, 15) is 13.2 Å². The Morgan fingerprint density at radius 2 is 1.78 bits per heavy atom. The third-order valence-corrected chi connectivity index (χ3v) is 4.77. The van der Waals surface area contributed by atoms with Gasteiger partial charge in [0.15, 0.2) is 5.65 Å². The van der Waals surface area contributed by atoms with E-state index in [-0.39, 0.29) is 31.0 Å². The van der Waals surface area contributed by atoms with Gasteiger partial charge in [-0.1, -0.05) is 0 Å². The summed E-state index contributed by atoms with van der Waals surface area (Å²) in [5.41, 5.74) is 0.744. The largest absolute Gasteiger partial charge is 0.416 e. The fourth-order valence-electron chi connectivity index (χ4n) is 2.94. The van der Waals surface area contributed by atoms with Crippen molar-refractivity contribution in [1.82, 2.24) is 29.5 Å². The van der Waals surface area contributed by atoms with Crippen molar-refractivity contribution in [3.05, 3.63) is 52.4 Å². The molecule has 0 saturated heterocycles. The number of hydrogen-bond acceptors (Lipinski definition) is 8. The van der Waals surface area contributed by atoms with Crippen LogP contribution in [0.1, 0.15) is 11.4 Å². The van der Waals surface area contributed by atoms with E-state index < -0.39 is 11.7 Å². The zero-order valence-corrected chi connectivity index (χ0v) is 18.1. The number of aliphatic hydroxyl groups is 1. The van der Waals surface area contributed by atoms with Gasteiger partial charge in [0.2, 0.25) is 17.8 Å². The molecular formula is C19H16BrF3N8O. The van der Waals surface area contributed by atoms with Crippen LogP contribution in [0.2, 0.25) is 0 Å². The van der Waals surface area contributed by atoms with Gasteiger partial charge in [-0.2, -0.15) is 28.1 Å². The fraction of sp³-hybridized carbons (Fsp3) is 0.211. The molecule has 1 aromatic carbocycles. The molecule has 32 heavy (non-hydrogen) atoms. The highest BCUT2D eigenvalue weighted by molar-refractivity contribution is 9.10. The second-order valence-electron chi connectivity index (χ2n) is 6.62. The zero-order valence-electron chi connectivity index (χ0n) is 16.5. The molecule has 4 rings (SSSR count). The average molecular weight is 509 g/mol. The molecule has 13 heteroatoms. The molecule has 0 atom stereocenters. The minimum absolute atomic E-state index is 0.0967. The number of aryl methyl sites for hydroxylation is 1. The molecule has 0 amide bonds. The van der Waals surface area contributed by atoms with E-state index in [4.69, 9.17) is 5.11 Å². The van der Waals surface area contributed by atoms with E-state index in [1.807, 2.05) is 6.07 Å². The highest BCUT2D eigenvalue weighted by Gasteiger charge is 2.30. The van der Waals surface area contributed by atoms with Crippen LogP contribution in [0.4, 0.5) is 30.8 Å². The van der Waals surface area contributed by atoms with Gasteiger partial charge in [0.1, 0.15) is 5.82 Å². The summed E-state index contributed by atoms with van der Waals surface area (Å²) < 4.78 is 40.9. The lowest BCUT2D eigenvalue weighted by Gasteiger charge is -2.12. The van der Waals surface area contributed by atoms with Crippen LogP contribution < -0.4 is 10.6 Å². The normalized spacial score (nSPS) is 11.7. The second-order valence-corrected chi connectivity index (χ2v) is 7.54. The summed E-state index contributed by atoms with van der Waals surface area (Å²) in [5, 5.41) is 14.9. The standard InChI is InChI=1S/C19H16BrF3N8O/c1-10-26-15-14(8-12(20)9-25-15)31(10)18-29-16(24-6-7-32)28-17(30-18)27-13-4-2-11(3-5-13)19(21,22)23/h2-5,8-9,32H,6-7H2,1H3,(H2,24,27,28,29,30). The molecule has 3 N–H and O–H groups in total. The minimum atomic E-state index is -4.43. The smallest absolute Gasteiger partial charge is 0.395 e. The van der Waals surface area contributed by atoms with Crippen molar-refractivity contribution in [3.63, 3.8) is 0 Å². The number of aliphatic hydroxyl groups excluding tert-OH is 1. The number of imidazole rings is 1. The van der Waals surface area contributed by atoms with Crippen molar-refractivity contribution in [2.45, 2.75) is 13.1 Å². The fourth-order valence-corrected chi connectivity index (χ4v) is 3.26. The topological polar surface area (TPSA) is 114 Å². The van der Waals surface area contributed by atoms with Gasteiger partial charge in [-0.25, -0.2) is 9.97 Å². The van der Waals surface area contributed by atoms with Crippen LogP contribution in [0.25, 0.3) is 17.1 Å². The Kier molecular flexibility index (Phi) is 5.93. The summed E-state index contributed by atoms with van der Waals surface area (Å²) in [6, 6.07) is 6.31. The first-order chi connectivity index (χ1) is 15.2. The van der Waals surface area contributed by atoms with Gasteiger partial charge in [-0.15, -0.1) is 0 Å². The first kappa shape index (κ1) is 21.9. The molecule has 0 fully saturated rings. The van der Waals surface area contributed by atoms with Crippen molar-refractivity contribution < 1.29 is 18.3 Å². The van der Waals surface area contributed by atoms with Crippen LogP contribution >= 0.6 is 15.9 Å². The van der Waals surface area contributed by atoms with Gasteiger partial charge in [-0.3, -0.25) is 4.57 Å². The number of alkyl halides is 3. The number of rotatable bonds is 6.